The van der Waals surface area contributed by atoms with Crippen molar-refractivity contribution in [1.29, 1.82) is 0 Å². The monoisotopic (exact) mass is 279 g/mol. The molecule has 0 spiro atoms. The molecule has 0 bridgehead atoms. The van der Waals surface area contributed by atoms with Crippen molar-refractivity contribution in [2.75, 3.05) is 30.9 Å². The van der Waals surface area contributed by atoms with Gasteiger partial charge in [0.1, 0.15) is 0 Å². The zero-order chi connectivity index (χ0) is 15.0. The number of nitrogens with two attached hydrogens (primary N) is 1. The second-order valence-electron chi connectivity index (χ2n) is 4.94. The molecule has 1 atom stereocenters. The molecule has 1 unspecified atom stereocenters. The summed E-state index contributed by atoms with van der Waals surface area (Å²) in [5.74, 6) is -0.0728. The number of methoxy groups -OCH3 is 1. The highest BCUT2D eigenvalue weighted by molar-refractivity contribution is 5.89. The number of hydrogen-bond acceptors (Lipinski definition) is 4. The Labute approximate surface area is 120 Å². The molecule has 1 aromatic rings. The first-order valence-electron chi connectivity index (χ1n) is 6.90. The lowest BCUT2D eigenvalue weighted by atomic mass is 10.1. The summed E-state index contributed by atoms with van der Waals surface area (Å²) in [5, 5.41) is 6.26. The number of anilines is 2. The second-order valence-corrected chi connectivity index (χ2v) is 4.94. The molecule has 0 saturated heterocycles. The molecule has 0 aromatic heterocycles. The highest BCUT2D eigenvalue weighted by Gasteiger charge is 2.10. The zero-order valence-corrected chi connectivity index (χ0v) is 12.5. The van der Waals surface area contributed by atoms with Crippen LogP contribution < -0.4 is 16.4 Å². The zero-order valence-electron chi connectivity index (χ0n) is 12.5. The van der Waals surface area contributed by atoms with Crippen LogP contribution >= 0.6 is 0 Å². The average Bonchev–Trinajstić information content (AvgIpc) is 2.39. The number of hydrogen-bond donors (Lipinski definition) is 3. The van der Waals surface area contributed by atoms with Crippen molar-refractivity contribution in [3.05, 3.63) is 23.8 Å². The summed E-state index contributed by atoms with van der Waals surface area (Å²) in [5.41, 5.74) is 8.49. The van der Waals surface area contributed by atoms with Gasteiger partial charge in [-0.25, -0.2) is 0 Å². The summed E-state index contributed by atoms with van der Waals surface area (Å²) in [6.07, 6.45) is 1.90. The Morgan fingerprint density at radius 1 is 1.45 bits per heavy atom. The fourth-order valence-corrected chi connectivity index (χ4v) is 2.04. The fraction of sp³-hybridized carbons (Fsp3) is 0.533. The molecule has 4 N–H and O–H groups in total. The molecule has 20 heavy (non-hydrogen) atoms. The topological polar surface area (TPSA) is 76.4 Å². The predicted molar refractivity (Wildman–Crippen MR) is 83.1 cm³/mol. The number of rotatable bonds is 8. The minimum atomic E-state index is -0.0728. The fourth-order valence-electron chi connectivity index (χ4n) is 2.04. The summed E-state index contributed by atoms with van der Waals surface area (Å²) in [6, 6.07) is 6.05. The van der Waals surface area contributed by atoms with Crippen LogP contribution in [0.1, 0.15) is 25.3 Å². The molecule has 0 saturated carbocycles. The van der Waals surface area contributed by atoms with Gasteiger partial charge >= 0.3 is 0 Å². The Bertz CT molecular complexity index is 435. The van der Waals surface area contributed by atoms with Gasteiger partial charge in [-0.05, 0) is 44.0 Å². The van der Waals surface area contributed by atoms with Crippen molar-refractivity contribution in [2.45, 2.75) is 32.7 Å². The number of nitrogens with one attached hydrogen (secondary N) is 2. The van der Waals surface area contributed by atoms with Crippen molar-refractivity contribution in [3.8, 4) is 0 Å². The van der Waals surface area contributed by atoms with Gasteiger partial charge in [-0.2, -0.15) is 0 Å². The third kappa shape index (κ3) is 5.59. The van der Waals surface area contributed by atoms with Crippen LogP contribution in [0.25, 0.3) is 0 Å². The minimum absolute atomic E-state index is 0.0728. The number of benzene rings is 1. The van der Waals surface area contributed by atoms with E-state index in [4.69, 9.17) is 10.5 Å². The van der Waals surface area contributed by atoms with Crippen LogP contribution in [0.4, 0.5) is 11.4 Å². The summed E-state index contributed by atoms with van der Waals surface area (Å²) in [4.78, 5) is 11.1. The molecule has 0 heterocycles. The molecule has 0 radical (unpaired) electrons. The SMILES string of the molecule is COCC(CCCN)Nc1cc(NC(C)=O)ccc1C. The van der Waals surface area contributed by atoms with E-state index in [2.05, 4.69) is 10.6 Å². The van der Waals surface area contributed by atoms with Gasteiger partial charge < -0.3 is 21.1 Å². The van der Waals surface area contributed by atoms with E-state index in [1.807, 2.05) is 25.1 Å². The maximum atomic E-state index is 11.1. The predicted octanol–water partition coefficient (Wildman–Crippen LogP) is 2.12. The van der Waals surface area contributed by atoms with E-state index >= 15 is 0 Å². The molecule has 1 rings (SSSR count). The van der Waals surface area contributed by atoms with Crippen LogP contribution in [0.2, 0.25) is 0 Å². The first-order valence-corrected chi connectivity index (χ1v) is 6.90. The van der Waals surface area contributed by atoms with Crippen LogP contribution in [0.5, 0.6) is 0 Å². The molecule has 0 fully saturated rings. The maximum absolute atomic E-state index is 11.1. The number of amides is 1. The van der Waals surface area contributed by atoms with Crippen molar-refractivity contribution in [2.24, 2.45) is 5.73 Å². The van der Waals surface area contributed by atoms with Gasteiger partial charge in [0.25, 0.3) is 0 Å². The quantitative estimate of drug-likeness (QED) is 0.681. The van der Waals surface area contributed by atoms with E-state index in [0.29, 0.717) is 13.2 Å². The molecule has 0 aliphatic heterocycles. The van der Waals surface area contributed by atoms with Gasteiger partial charge in [-0.15, -0.1) is 0 Å². The van der Waals surface area contributed by atoms with E-state index in [0.717, 1.165) is 29.8 Å². The Hall–Kier alpha value is -1.59. The first-order chi connectivity index (χ1) is 9.56. The van der Waals surface area contributed by atoms with Crippen LogP contribution in [0.15, 0.2) is 18.2 Å². The van der Waals surface area contributed by atoms with Gasteiger partial charge in [0.15, 0.2) is 0 Å². The molecular formula is C15H25N3O2. The van der Waals surface area contributed by atoms with Gasteiger partial charge in [0, 0.05) is 31.5 Å². The third-order valence-electron chi connectivity index (χ3n) is 3.04. The number of ether oxygens (including phenoxy) is 1. The van der Waals surface area contributed by atoms with Crippen molar-refractivity contribution in [1.82, 2.24) is 0 Å². The highest BCUT2D eigenvalue weighted by Crippen LogP contribution is 2.22. The van der Waals surface area contributed by atoms with E-state index < -0.39 is 0 Å². The Balaban J connectivity index is 2.78. The average molecular weight is 279 g/mol. The lowest BCUT2D eigenvalue weighted by Crippen LogP contribution is -2.26. The Morgan fingerprint density at radius 2 is 2.20 bits per heavy atom. The van der Waals surface area contributed by atoms with Crippen molar-refractivity contribution in [3.63, 3.8) is 0 Å². The summed E-state index contributed by atoms with van der Waals surface area (Å²) in [7, 11) is 1.69. The first kappa shape index (κ1) is 16.5. The van der Waals surface area contributed by atoms with Crippen LogP contribution in [0.3, 0.4) is 0 Å². The lowest BCUT2D eigenvalue weighted by molar-refractivity contribution is -0.114. The van der Waals surface area contributed by atoms with Crippen LogP contribution in [-0.4, -0.2) is 32.2 Å². The van der Waals surface area contributed by atoms with Crippen molar-refractivity contribution >= 4 is 17.3 Å². The molecule has 112 valence electrons. The van der Waals surface area contributed by atoms with E-state index in [1.54, 1.807) is 7.11 Å². The largest absolute Gasteiger partial charge is 0.383 e. The van der Waals surface area contributed by atoms with Crippen LogP contribution in [0, 0.1) is 6.92 Å². The normalized spacial score (nSPS) is 12.0. The van der Waals surface area contributed by atoms with Crippen molar-refractivity contribution < 1.29 is 9.53 Å². The van der Waals surface area contributed by atoms with Gasteiger partial charge in [-0.1, -0.05) is 6.07 Å². The highest BCUT2D eigenvalue weighted by atomic mass is 16.5. The molecule has 5 heteroatoms. The van der Waals surface area contributed by atoms with E-state index in [9.17, 15) is 4.79 Å². The smallest absolute Gasteiger partial charge is 0.221 e. The number of carbonyl (C=O) groups excluding carboxylic acids is 1. The Kier molecular flexibility index (Phi) is 7.04. The second kappa shape index (κ2) is 8.55. The molecule has 1 aromatic carbocycles. The van der Waals surface area contributed by atoms with Gasteiger partial charge in [0.05, 0.1) is 6.61 Å². The molecular weight excluding hydrogens is 254 g/mol. The molecule has 1 amide bonds. The van der Waals surface area contributed by atoms with Gasteiger partial charge in [-0.3, -0.25) is 4.79 Å². The van der Waals surface area contributed by atoms with Crippen LogP contribution in [-0.2, 0) is 9.53 Å². The molecule has 0 aliphatic carbocycles. The molecule has 0 aliphatic rings. The Morgan fingerprint density at radius 3 is 2.80 bits per heavy atom. The van der Waals surface area contributed by atoms with Gasteiger partial charge in [0.2, 0.25) is 5.91 Å². The van der Waals surface area contributed by atoms with E-state index in [-0.39, 0.29) is 11.9 Å². The standard InChI is InChI=1S/C15H25N3O2/c1-11-6-7-13(17-12(2)19)9-15(11)18-14(10-20-3)5-4-8-16/h6-7,9,14,18H,4-5,8,10,16H2,1-3H3,(H,17,19). The maximum Gasteiger partial charge on any atom is 0.221 e. The lowest BCUT2D eigenvalue weighted by Gasteiger charge is -2.21. The summed E-state index contributed by atoms with van der Waals surface area (Å²) in [6.45, 7) is 4.84. The molecule has 5 nitrogen and oxygen atoms in total. The number of carbonyl (C=O) groups is 1. The summed E-state index contributed by atoms with van der Waals surface area (Å²) >= 11 is 0. The van der Waals surface area contributed by atoms with E-state index in [1.165, 1.54) is 6.92 Å². The minimum Gasteiger partial charge on any atom is -0.383 e. The summed E-state index contributed by atoms with van der Waals surface area (Å²) < 4.78 is 5.23. The number of aryl methyl sites for hydroxylation is 1. The third-order valence-corrected chi connectivity index (χ3v) is 3.04.